The molecule has 3 nitrogen and oxygen atoms in total. The molecule has 1 aromatic rings. The van der Waals surface area contributed by atoms with Crippen LogP contribution < -0.4 is 0 Å². The van der Waals surface area contributed by atoms with Gasteiger partial charge in [-0.05, 0) is 28.4 Å². The Morgan fingerprint density at radius 2 is 2.00 bits per heavy atom. The number of carbonyl (C=O) groups is 1. The summed E-state index contributed by atoms with van der Waals surface area (Å²) in [5.74, 6) is -2.86. The molecule has 0 unspecified atom stereocenters. The molecule has 0 saturated carbocycles. The molecule has 0 aliphatic carbocycles. The average molecular weight is 319 g/mol. The van der Waals surface area contributed by atoms with Crippen LogP contribution in [0.4, 0.5) is 8.78 Å². The van der Waals surface area contributed by atoms with Gasteiger partial charge in [0.15, 0.2) is 0 Å². The van der Waals surface area contributed by atoms with E-state index in [1.807, 2.05) is 0 Å². The first-order chi connectivity index (χ1) is 8.41. The molecule has 18 heavy (non-hydrogen) atoms. The number of amides is 1. The molecule has 2 rings (SSSR count). The van der Waals surface area contributed by atoms with E-state index < -0.39 is 5.92 Å². The number of nitrogens with zero attached hydrogens (tertiary/aromatic N) is 2. The van der Waals surface area contributed by atoms with Crippen molar-refractivity contribution in [3.63, 3.8) is 0 Å². The van der Waals surface area contributed by atoms with E-state index in [1.54, 1.807) is 13.1 Å². The van der Waals surface area contributed by atoms with Crippen molar-refractivity contribution in [1.82, 2.24) is 9.88 Å². The predicted molar refractivity (Wildman–Crippen MR) is 66.8 cm³/mol. The molecule has 0 spiro atoms. The van der Waals surface area contributed by atoms with Gasteiger partial charge in [-0.2, -0.15) is 0 Å². The second-order valence-corrected chi connectivity index (χ2v) is 5.30. The van der Waals surface area contributed by atoms with Crippen molar-refractivity contribution < 1.29 is 13.6 Å². The molecule has 1 amide bonds. The van der Waals surface area contributed by atoms with E-state index in [-0.39, 0.29) is 31.8 Å². The molecular formula is C12H13BrF2N2O. The summed E-state index contributed by atoms with van der Waals surface area (Å²) in [6.07, 6.45) is 2.56. The maximum Gasteiger partial charge on any atom is 0.255 e. The molecule has 6 heteroatoms. The summed E-state index contributed by atoms with van der Waals surface area (Å²) in [6, 6.07) is 0. The van der Waals surface area contributed by atoms with Gasteiger partial charge in [-0.15, -0.1) is 0 Å². The molecular weight excluding hydrogens is 306 g/mol. The first kappa shape index (κ1) is 13.4. The molecule has 1 aliphatic heterocycles. The van der Waals surface area contributed by atoms with Gasteiger partial charge >= 0.3 is 0 Å². The Balaban J connectivity index is 2.15. The zero-order valence-corrected chi connectivity index (χ0v) is 11.5. The Morgan fingerprint density at radius 1 is 1.39 bits per heavy atom. The fourth-order valence-corrected chi connectivity index (χ4v) is 2.25. The zero-order chi connectivity index (χ0) is 13.3. The van der Waals surface area contributed by atoms with Gasteiger partial charge in [0.05, 0.1) is 5.56 Å². The van der Waals surface area contributed by atoms with E-state index in [0.29, 0.717) is 5.56 Å². The predicted octanol–water partition coefficient (Wildman–Crippen LogP) is 3.02. The normalized spacial score (nSPS) is 18.8. The molecule has 1 aliphatic rings. The minimum Gasteiger partial charge on any atom is -0.338 e. The van der Waals surface area contributed by atoms with Gasteiger partial charge in [0.1, 0.15) is 0 Å². The Kier molecular flexibility index (Phi) is 3.66. The lowest BCUT2D eigenvalue weighted by molar-refractivity contribution is -0.0494. The van der Waals surface area contributed by atoms with Crippen molar-refractivity contribution in [2.75, 3.05) is 13.1 Å². The van der Waals surface area contributed by atoms with E-state index in [1.165, 1.54) is 11.1 Å². The summed E-state index contributed by atoms with van der Waals surface area (Å²) in [5.41, 5.74) is 1.25. The summed E-state index contributed by atoms with van der Waals surface area (Å²) >= 11 is 3.30. The van der Waals surface area contributed by atoms with Crippen LogP contribution in [0.3, 0.4) is 0 Å². The number of rotatable bonds is 1. The molecule has 0 atom stereocenters. The number of piperidine rings is 1. The average Bonchev–Trinajstić information content (AvgIpc) is 2.32. The number of aromatic nitrogens is 1. The van der Waals surface area contributed by atoms with Crippen LogP contribution in [0, 0.1) is 6.92 Å². The van der Waals surface area contributed by atoms with Crippen LogP contribution in [0.15, 0.2) is 16.9 Å². The van der Waals surface area contributed by atoms with E-state index in [4.69, 9.17) is 0 Å². The maximum absolute atomic E-state index is 13.0. The fourth-order valence-electron chi connectivity index (χ4n) is 1.92. The van der Waals surface area contributed by atoms with E-state index in [9.17, 15) is 13.6 Å². The maximum atomic E-state index is 13.0. The van der Waals surface area contributed by atoms with Gasteiger partial charge in [-0.25, -0.2) is 8.78 Å². The molecule has 0 bridgehead atoms. The summed E-state index contributed by atoms with van der Waals surface area (Å²) in [6.45, 7) is 1.99. The van der Waals surface area contributed by atoms with Crippen molar-refractivity contribution in [3.05, 3.63) is 28.0 Å². The Morgan fingerprint density at radius 3 is 2.61 bits per heavy atom. The van der Waals surface area contributed by atoms with Gasteiger partial charge in [0, 0.05) is 42.8 Å². The third kappa shape index (κ3) is 2.68. The largest absolute Gasteiger partial charge is 0.338 e. The van der Waals surface area contributed by atoms with Crippen LogP contribution >= 0.6 is 15.9 Å². The lowest BCUT2D eigenvalue weighted by atomic mass is 10.0. The molecule has 1 fully saturated rings. The van der Waals surface area contributed by atoms with Gasteiger partial charge in [-0.3, -0.25) is 9.78 Å². The lowest BCUT2D eigenvalue weighted by Gasteiger charge is -2.32. The van der Waals surface area contributed by atoms with E-state index in [0.717, 1.165) is 10.0 Å². The van der Waals surface area contributed by atoms with Crippen molar-refractivity contribution >= 4 is 21.8 Å². The van der Waals surface area contributed by atoms with Crippen LogP contribution in [0.25, 0.3) is 0 Å². The van der Waals surface area contributed by atoms with Gasteiger partial charge in [0.25, 0.3) is 11.8 Å². The Labute approximate surface area is 112 Å². The topological polar surface area (TPSA) is 33.2 Å². The minimum absolute atomic E-state index is 0.0950. The zero-order valence-electron chi connectivity index (χ0n) is 9.92. The molecule has 2 heterocycles. The SMILES string of the molecule is Cc1c(Br)cncc1C(=O)N1CCC(F)(F)CC1. The Hall–Kier alpha value is -1.04. The van der Waals surface area contributed by atoms with Gasteiger partial charge in [0.2, 0.25) is 0 Å². The number of carbonyl (C=O) groups excluding carboxylic acids is 1. The van der Waals surface area contributed by atoms with Crippen LogP contribution in [0.2, 0.25) is 0 Å². The molecule has 0 radical (unpaired) electrons. The van der Waals surface area contributed by atoms with Crippen LogP contribution in [-0.4, -0.2) is 34.8 Å². The summed E-state index contributed by atoms with van der Waals surface area (Å²) in [4.78, 5) is 17.6. The van der Waals surface area contributed by atoms with E-state index >= 15 is 0 Å². The molecule has 1 aromatic heterocycles. The number of hydrogen-bond donors (Lipinski definition) is 0. The number of pyridine rings is 1. The standard InChI is InChI=1S/C12H13BrF2N2O/c1-8-9(6-16-7-10(8)13)11(18)17-4-2-12(14,15)3-5-17/h6-7H,2-5H2,1H3. The summed E-state index contributed by atoms with van der Waals surface area (Å²) < 4.78 is 26.8. The summed E-state index contributed by atoms with van der Waals surface area (Å²) in [7, 11) is 0. The highest BCUT2D eigenvalue weighted by Crippen LogP contribution is 2.29. The van der Waals surface area contributed by atoms with Crippen molar-refractivity contribution in [2.45, 2.75) is 25.7 Å². The fraction of sp³-hybridized carbons (Fsp3) is 0.500. The van der Waals surface area contributed by atoms with E-state index in [2.05, 4.69) is 20.9 Å². The first-order valence-corrected chi connectivity index (χ1v) is 6.47. The number of halogens is 3. The number of likely N-dealkylation sites (tertiary alicyclic amines) is 1. The number of hydrogen-bond acceptors (Lipinski definition) is 2. The lowest BCUT2D eigenvalue weighted by Crippen LogP contribution is -2.43. The quantitative estimate of drug-likeness (QED) is 0.797. The molecule has 0 N–H and O–H groups in total. The van der Waals surface area contributed by atoms with Crippen molar-refractivity contribution in [2.24, 2.45) is 0 Å². The number of alkyl halides is 2. The van der Waals surface area contributed by atoms with Crippen molar-refractivity contribution in [1.29, 1.82) is 0 Å². The highest BCUT2D eigenvalue weighted by atomic mass is 79.9. The Bertz CT molecular complexity index is 469. The molecule has 1 saturated heterocycles. The molecule has 98 valence electrons. The monoisotopic (exact) mass is 318 g/mol. The highest BCUT2D eigenvalue weighted by molar-refractivity contribution is 9.10. The second kappa shape index (κ2) is 4.91. The third-order valence-corrected chi connectivity index (χ3v) is 3.97. The van der Waals surface area contributed by atoms with Gasteiger partial charge in [-0.1, -0.05) is 0 Å². The van der Waals surface area contributed by atoms with Gasteiger partial charge < -0.3 is 4.90 Å². The highest BCUT2D eigenvalue weighted by Gasteiger charge is 2.36. The van der Waals surface area contributed by atoms with Crippen molar-refractivity contribution in [3.8, 4) is 0 Å². The summed E-state index contributed by atoms with van der Waals surface area (Å²) in [5, 5.41) is 0. The molecule has 0 aromatic carbocycles. The van der Waals surface area contributed by atoms with Crippen LogP contribution in [0.5, 0.6) is 0 Å². The smallest absolute Gasteiger partial charge is 0.255 e. The first-order valence-electron chi connectivity index (χ1n) is 5.68. The third-order valence-electron chi connectivity index (χ3n) is 3.17. The minimum atomic E-state index is -2.64. The van der Waals surface area contributed by atoms with Crippen LogP contribution in [-0.2, 0) is 0 Å². The van der Waals surface area contributed by atoms with Crippen LogP contribution in [0.1, 0.15) is 28.8 Å². The second-order valence-electron chi connectivity index (χ2n) is 4.44.